The molecule has 0 radical (unpaired) electrons. The first-order chi connectivity index (χ1) is 9.71. The van der Waals surface area contributed by atoms with E-state index in [1.165, 1.54) is 0 Å². The summed E-state index contributed by atoms with van der Waals surface area (Å²) in [6, 6.07) is 0.142. The van der Waals surface area contributed by atoms with Gasteiger partial charge in [-0.3, -0.25) is 4.90 Å². The van der Waals surface area contributed by atoms with Gasteiger partial charge in [0.2, 0.25) is 0 Å². The molecule has 0 amide bonds. The van der Waals surface area contributed by atoms with Crippen LogP contribution in [0.2, 0.25) is 0 Å². The van der Waals surface area contributed by atoms with Crippen molar-refractivity contribution in [2.24, 2.45) is 5.10 Å². The van der Waals surface area contributed by atoms with Gasteiger partial charge in [-0.1, -0.05) is 0 Å². The molecule has 2 unspecified atom stereocenters. The van der Waals surface area contributed by atoms with Crippen LogP contribution in [0.3, 0.4) is 0 Å². The Hall–Kier alpha value is -1.41. The number of hydrogen-bond donors (Lipinski definition) is 0. The molecule has 0 saturated carbocycles. The number of nitrogens with zero attached hydrogens (tertiary/aromatic N) is 5. The highest BCUT2D eigenvalue weighted by atomic mass is 16.7. The minimum absolute atomic E-state index is 0.0362. The van der Waals surface area contributed by atoms with Crippen molar-refractivity contribution in [1.29, 1.82) is 0 Å². The molecule has 0 aromatic heterocycles. The third-order valence-electron chi connectivity index (χ3n) is 4.27. The van der Waals surface area contributed by atoms with Gasteiger partial charge in [-0.2, -0.15) is 0 Å². The van der Waals surface area contributed by atoms with Crippen LogP contribution >= 0.6 is 0 Å². The van der Waals surface area contributed by atoms with E-state index in [2.05, 4.69) is 30.8 Å². The largest absolute Gasteiger partial charge is 0.379 e. The molecule has 120 valence electrons. The number of guanidine groups is 1. The van der Waals surface area contributed by atoms with Crippen LogP contribution in [0.25, 0.3) is 0 Å². The van der Waals surface area contributed by atoms with E-state index in [4.69, 9.17) is 4.74 Å². The number of rotatable bonds is 2. The fourth-order valence-electron chi connectivity index (χ4n) is 2.94. The Morgan fingerprint density at radius 1 is 1.43 bits per heavy atom. The highest BCUT2D eigenvalue weighted by molar-refractivity contribution is 5.80. The molecule has 2 saturated heterocycles. The second kappa shape index (κ2) is 5.76. The Kier molecular flexibility index (Phi) is 4.38. The Balaban J connectivity index is 2.33. The zero-order valence-corrected chi connectivity index (χ0v) is 13.4. The molecule has 8 heteroatoms. The molecule has 8 nitrogen and oxygen atoms in total. The molecule has 2 aliphatic heterocycles. The second-order valence-electron chi connectivity index (χ2n) is 6.65. The van der Waals surface area contributed by atoms with Gasteiger partial charge in [0.25, 0.3) is 5.96 Å². The molecular weight excluding hydrogens is 274 g/mol. The van der Waals surface area contributed by atoms with Gasteiger partial charge in [-0.05, 0) is 34.1 Å². The van der Waals surface area contributed by atoms with E-state index in [1.54, 1.807) is 0 Å². The average molecular weight is 299 g/mol. The van der Waals surface area contributed by atoms with Crippen LogP contribution in [0.5, 0.6) is 0 Å². The SMILES string of the molecule is CC1N(C)C(=N[N+](=O)[O-])N(C2CCOC2)CN1C(C)(C)C. The maximum atomic E-state index is 10.9. The van der Waals surface area contributed by atoms with Crippen molar-refractivity contribution in [1.82, 2.24) is 14.7 Å². The average Bonchev–Trinajstić information content (AvgIpc) is 2.87. The first-order valence-corrected chi connectivity index (χ1v) is 7.29. The van der Waals surface area contributed by atoms with Crippen molar-refractivity contribution in [2.75, 3.05) is 26.9 Å². The number of hydrogen-bond acceptors (Lipinski definition) is 4. The van der Waals surface area contributed by atoms with Gasteiger partial charge >= 0.3 is 0 Å². The molecule has 0 aromatic carbocycles. The lowest BCUT2D eigenvalue weighted by Crippen LogP contribution is -2.68. The van der Waals surface area contributed by atoms with E-state index in [-0.39, 0.29) is 17.7 Å². The van der Waals surface area contributed by atoms with E-state index in [9.17, 15) is 10.1 Å². The Bertz CT molecular complexity index is 428. The lowest BCUT2D eigenvalue weighted by molar-refractivity contribution is -0.486. The zero-order chi connectivity index (χ0) is 15.8. The standard InChI is InChI=1S/C13H25N5O3/c1-10-15(5)12(14-18(19)20)16(11-6-7-21-8-11)9-17(10)13(2,3)4/h10-11H,6-9H2,1-5H3. The summed E-state index contributed by atoms with van der Waals surface area (Å²) in [6.45, 7) is 10.4. The van der Waals surface area contributed by atoms with Gasteiger partial charge in [0.1, 0.15) is 5.10 Å². The molecule has 2 rings (SSSR count). The normalized spacial score (nSPS) is 30.2. The van der Waals surface area contributed by atoms with Crippen LogP contribution in [-0.4, -0.2) is 70.4 Å². The molecule has 2 aliphatic rings. The van der Waals surface area contributed by atoms with Crippen LogP contribution in [0.15, 0.2) is 5.10 Å². The zero-order valence-electron chi connectivity index (χ0n) is 13.4. The Morgan fingerprint density at radius 2 is 2.10 bits per heavy atom. The summed E-state index contributed by atoms with van der Waals surface area (Å²) in [6.07, 6.45) is 0.916. The molecule has 0 aromatic rings. The summed E-state index contributed by atoms with van der Waals surface area (Å²) in [5.74, 6) is 0.420. The molecule has 0 N–H and O–H groups in total. The minimum Gasteiger partial charge on any atom is -0.379 e. The summed E-state index contributed by atoms with van der Waals surface area (Å²) in [4.78, 5) is 17.1. The maximum Gasteiger partial charge on any atom is 0.276 e. The number of ether oxygens (including phenoxy) is 1. The van der Waals surface area contributed by atoms with E-state index < -0.39 is 5.03 Å². The minimum atomic E-state index is -0.617. The highest BCUT2D eigenvalue weighted by Crippen LogP contribution is 2.27. The predicted molar refractivity (Wildman–Crippen MR) is 79.2 cm³/mol. The van der Waals surface area contributed by atoms with Crippen LogP contribution < -0.4 is 0 Å². The summed E-state index contributed by atoms with van der Waals surface area (Å²) >= 11 is 0. The smallest absolute Gasteiger partial charge is 0.276 e. The Morgan fingerprint density at radius 3 is 2.57 bits per heavy atom. The summed E-state index contributed by atoms with van der Waals surface area (Å²) in [5.41, 5.74) is -0.0362. The van der Waals surface area contributed by atoms with Gasteiger partial charge in [0.05, 0.1) is 25.5 Å². The summed E-state index contributed by atoms with van der Waals surface area (Å²) in [5, 5.41) is 13.9. The number of nitro groups is 1. The summed E-state index contributed by atoms with van der Waals surface area (Å²) < 4.78 is 5.44. The maximum absolute atomic E-state index is 10.9. The third kappa shape index (κ3) is 3.26. The van der Waals surface area contributed by atoms with Crippen molar-refractivity contribution in [3.8, 4) is 0 Å². The number of hydrazone groups is 1. The van der Waals surface area contributed by atoms with Gasteiger partial charge in [0.15, 0.2) is 5.03 Å². The van der Waals surface area contributed by atoms with Crippen molar-refractivity contribution in [2.45, 2.75) is 51.9 Å². The van der Waals surface area contributed by atoms with Crippen molar-refractivity contribution >= 4 is 5.96 Å². The molecule has 2 heterocycles. The molecule has 0 spiro atoms. The topological polar surface area (TPSA) is 74.4 Å². The predicted octanol–water partition coefficient (Wildman–Crippen LogP) is 0.974. The molecular formula is C13H25N5O3. The fraction of sp³-hybridized carbons (Fsp3) is 0.923. The van der Waals surface area contributed by atoms with Gasteiger partial charge in [-0.15, -0.1) is 0 Å². The van der Waals surface area contributed by atoms with Crippen LogP contribution in [-0.2, 0) is 4.74 Å². The van der Waals surface area contributed by atoms with Gasteiger partial charge in [-0.25, -0.2) is 10.1 Å². The van der Waals surface area contributed by atoms with Crippen LogP contribution in [0, 0.1) is 10.1 Å². The van der Waals surface area contributed by atoms with Gasteiger partial charge < -0.3 is 14.5 Å². The molecule has 2 fully saturated rings. The third-order valence-corrected chi connectivity index (χ3v) is 4.27. The molecule has 21 heavy (non-hydrogen) atoms. The second-order valence-corrected chi connectivity index (χ2v) is 6.65. The van der Waals surface area contributed by atoms with Crippen molar-refractivity contribution in [3.05, 3.63) is 10.1 Å². The monoisotopic (exact) mass is 299 g/mol. The van der Waals surface area contributed by atoms with Gasteiger partial charge in [0, 0.05) is 19.2 Å². The first kappa shape index (κ1) is 16.0. The van der Waals surface area contributed by atoms with Crippen molar-refractivity contribution < 1.29 is 9.77 Å². The van der Waals surface area contributed by atoms with E-state index in [0.29, 0.717) is 25.8 Å². The van der Waals surface area contributed by atoms with E-state index in [1.807, 2.05) is 23.8 Å². The Labute approximate surface area is 125 Å². The summed E-state index contributed by atoms with van der Waals surface area (Å²) in [7, 11) is 1.85. The quantitative estimate of drug-likeness (QED) is 0.559. The first-order valence-electron chi connectivity index (χ1n) is 7.29. The van der Waals surface area contributed by atoms with Crippen molar-refractivity contribution in [3.63, 3.8) is 0 Å². The molecule has 0 bridgehead atoms. The lowest BCUT2D eigenvalue weighted by atomic mass is 10.0. The lowest BCUT2D eigenvalue weighted by Gasteiger charge is -2.52. The highest BCUT2D eigenvalue weighted by Gasteiger charge is 2.42. The van der Waals surface area contributed by atoms with E-state index >= 15 is 0 Å². The molecule has 0 aliphatic carbocycles. The molecule has 2 atom stereocenters. The van der Waals surface area contributed by atoms with E-state index in [0.717, 1.165) is 6.42 Å². The fourth-order valence-corrected chi connectivity index (χ4v) is 2.94. The van der Waals surface area contributed by atoms with Crippen LogP contribution in [0.4, 0.5) is 0 Å². The van der Waals surface area contributed by atoms with Crippen LogP contribution in [0.1, 0.15) is 34.1 Å².